The molecule has 0 aliphatic rings. The second kappa shape index (κ2) is 9.30. The van der Waals surface area contributed by atoms with Crippen LogP contribution in [0, 0.1) is 0 Å². The molecular formula is C9H20ClNO. The summed E-state index contributed by atoms with van der Waals surface area (Å²) in [7, 11) is 0. The molecule has 3 heteroatoms. The fraction of sp³-hybridized carbons (Fsp3) is 1.00. The smallest absolute Gasteiger partial charge is 0.0591 e. The van der Waals surface area contributed by atoms with E-state index < -0.39 is 0 Å². The van der Waals surface area contributed by atoms with Gasteiger partial charge in [-0.2, -0.15) is 0 Å². The lowest BCUT2D eigenvalue weighted by Crippen LogP contribution is -2.30. The molecule has 1 unspecified atom stereocenters. The largest absolute Gasteiger partial charge is 0.380 e. The molecule has 2 nitrogen and oxygen atoms in total. The van der Waals surface area contributed by atoms with Gasteiger partial charge in [0.05, 0.1) is 6.61 Å². The molecule has 0 amide bonds. The number of halogens is 1. The Hall–Kier alpha value is 0.210. The first-order valence-corrected chi connectivity index (χ1v) is 5.21. The van der Waals surface area contributed by atoms with Crippen LogP contribution in [0.2, 0.25) is 0 Å². The monoisotopic (exact) mass is 193 g/mol. The molecule has 0 fully saturated rings. The molecule has 0 aliphatic carbocycles. The first-order valence-electron chi connectivity index (χ1n) is 4.68. The third-order valence-electron chi connectivity index (χ3n) is 1.61. The van der Waals surface area contributed by atoms with Gasteiger partial charge in [0.25, 0.3) is 0 Å². The second-order valence-corrected chi connectivity index (χ2v) is 3.28. The Balaban J connectivity index is 2.90. The van der Waals surface area contributed by atoms with E-state index in [1.807, 2.05) is 0 Å². The summed E-state index contributed by atoms with van der Waals surface area (Å²) in [4.78, 5) is 0. The Labute approximate surface area is 80.6 Å². The van der Waals surface area contributed by atoms with Crippen LogP contribution in [0.3, 0.4) is 0 Å². The number of nitrogens with one attached hydrogen (secondary N) is 1. The third-order valence-corrected chi connectivity index (χ3v) is 2.08. The Morgan fingerprint density at radius 2 is 2.17 bits per heavy atom. The lowest BCUT2D eigenvalue weighted by atomic mass is 10.4. The fourth-order valence-corrected chi connectivity index (χ4v) is 0.890. The Morgan fingerprint density at radius 3 is 2.75 bits per heavy atom. The van der Waals surface area contributed by atoms with Crippen LogP contribution in [0.25, 0.3) is 0 Å². The molecule has 0 spiro atoms. The van der Waals surface area contributed by atoms with Crippen molar-refractivity contribution < 1.29 is 4.74 Å². The molecular weight excluding hydrogens is 174 g/mol. The SMILES string of the molecule is CCCCOCCNC(C)CCl. The van der Waals surface area contributed by atoms with Crippen LogP contribution in [0.5, 0.6) is 0 Å². The van der Waals surface area contributed by atoms with Gasteiger partial charge in [0.1, 0.15) is 0 Å². The van der Waals surface area contributed by atoms with Gasteiger partial charge in [-0.15, -0.1) is 11.6 Å². The van der Waals surface area contributed by atoms with Gasteiger partial charge >= 0.3 is 0 Å². The summed E-state index contributed by atoms with van der Waals surface area (Å²) in [6, 6.07) is 0.390. The van der Waals surface area contributed by atoms with E-state index in [4.69, 9.17) is 16.3 Å². The summed E-state index contributed by atoms with van der Waals surface area (Å²) in [5.74, 6) is 0.662. The van der Waals surface area contributed by atoms with Crippen LogP contribution in [-0.4, -0.2) is 31.7 Å². The van der Waals surface area contributed by atoms with Gasteiger partial charge in [0, 0.05) is 25.1 Å². The summed E-state index contributed by atoms with van der Waals surface area (Å²) >= 11 is 5.61. The Morgan fingerprint density at radius 1 is 1.42 bits per heavy atom. The molecule has 74 valence electrons. The van der Waals surface area contributed by atoms with Gasteiger partial charge in [0.2, 0.25) is 0 Å². The van der Waals surface area contributed by atoms with E-state index in [1.165, 1.54) is 6.42 Å². The predicted octanol–water partition coefficient (Wildman–Crippen LogP) is 2.02. The van der Waals surface area contributed by atoms with Crippen molar-refractivity contribution in [1.82, 2.24) is 5.32 Å². The molecule has 0 aromatic rings. The minimum absolute atomic E-state index is 0.390. The summed E-state index contributed by atoms with van der Waals surface area (Å²) in [6.45, 7) is 6.81. The first kappa shape index (κ1) is 12.2. The zero-order valence-electron chi connectivity index (χ0n) is 8.11. The maximum atomic E-state index is 5.61. The molecule has 0 radical (unpaired) electrons. The second-order valence-electron chi connectivity index (χ2n) is 2.98. The molecule has 0 saturated heterocycles. The quantitative estimate of drug-likeness (QED) is 0.471. The van der Waals surface area contributed by atoms with Gasteiger partial charge < -0.3 is 10.1 Å². The fourth-order valence-electron chi connectivity index (χ4n) is 0.781. The highest BCUT2D eigenvalue weighted by atomic mass is 35.5. The lowest BCUT2D eigenvalue weighted by molar-refractivity contribution is 0.132. The summed E-state index contributed by atoms with van der Waals surface area (Å²) < 4.78 is 5.36. The molecule has 1 atom stereocenters. The maximum Gasteiger partial charge on any atom is 0.0591 e. The number of ether oxygens (including phenoxy) is 1. The van der Waals surface area contributed by atoms with E-state index >= 15 is 0 Å². The Bertz CT molecular complexity index is 90.6. The molecule has 0 heterocycles. The lowest BCUT2D eigenvalue weighted by Gasteiger charge is -2.09. The van der Waals surface area contributed by atoms with Crippen LogP contribution >= 0.6 is 11.6 Å². The number of unbranched alkanes of at least 4 members (excludes halogenated alkanes) is 1. The van der Waals surface area contributed by atoms with Crippen molar-refractivity contribution >= 4 is 11.6 Å². The molecule has 1 N–H and O–H groups in total. The van der Waals surface area contributed by atoms with Crippen molar-refractivity contribution in [2.75, 3.05) is 25.6 Å². The van der Waals surface area contributed by atoms with Gasteiger partial charge in [-0.1, -0.05) is 13.3 Å². The topological polar surface area (TPSA) is 21.3 Å². The number of rotatable bonds is 8. The minimum atomic E-state index is 0.390. The zero-order chi connectivity index (χ0) is 9.23. The summed E-state index contributed by atoms with van der Waals surface area (Å²) in [5, 5.41) is 3.25. The van der Waals surface area contributed by atoms with Crippen LogP contribution in [0.15, 0.2) is 0 Å². The van der Waals surface area contributed by atoms with E-state index in [1.54, 1.807) is 0 Å². The van der Waals surface area contributed by atoms with E-state index in [0.29, 0.717) is 11.9 Å². The normalized spacial score (nSPS) is 13.2. The van der Waals surface area contributed by atoms with Gasteiger partial charge in [-0.3, -0.25) is 0 Å². The number of alkyl halides is 1. The van der Waals surface area contributed by atoms with Crippen molar-refractivity contribution in [2.45, 2.75) is 32.7 Å². The first-order chi connectivity index (χ1) is 5.81. The standard InChI is InChI=1S/C9H20ClNO/c1-3-4-6-12-7-5-11-9(2)8-10/h9,11H,3-8H2,1-2H3. The number of hydrogen-bond acceptors (Lipinski definition) is 2. The van der Waals surface area contributed by atoms with Crippen LogP contribution < -0.4 is 5.32 Å². The summed E-state index contributed by atoms with van der Waals surface area (Å²) in [6.07, 6.45) is 2.36. The Kier molecular flexibility index (Phi) is 9.46. The molecule has 0 saturated carbocycles. The predicted molar refractivity (Wildman–Crippen MR) is 53.9 cm³/mol. The molecule has 0 aliphatic heterocycles. The average Bonchev–Trinajstić information content (AvgIpc) is 2.10. The van der Waals surface area contributed by atoms with Crippen LogP contribution in [0.1, 0.15) is 26.7 Å². The van der Waals surface area contributed by atoms with Crippen LogP contribution in [-0.2, 0) is 4.74 Å². The minimum Gasteiger partial charge on any atom is -0.380 e. The number of hydrogen-bond donors (Lipinski definition) is 1. The highest BCUT2D eigenvalue weighted by Crippen LogP contribution is 1.88. The molecule has 0 aromatic heterocycles. The van der Waals surface area contributed by atoms with Gasteiger partial charge in [0.15, 0.2) is 0 Å². The zero-order valence-corrected chi connectivity index (χ0v) is 8.86. The highest BCUT2D eigenvalue weighted by Gasteiger charge is 1.96. The highest BCUT2D eigenvalue weighted by molar-refractivity contribution is 6.18. The molecule has 12 heavy (non-hydrogen) atoms. The van der Waals surface area contributed by atoms with Gasteiger partial charge in [-0.05, 0) is 13.3 Å². The summed E-state index contributed by atoms with van der Waals surface area (Å²) in [5.41, 5.74) is 0. The van der Waals surface area contributed by atoms with E-state index in [9.17, 15) is 0 Å². The van der Waals surface area contributed by atoms with E-state index in [2.05, 4.69) is 19.2 Å². The van der Waals surface area contributed by atoms with Crippen molar-refractivity contribution in [3.05, 3.63) is 0 Å². The maximum absolute atomic E-state index is 5.61. The van der Waals surface area contributed by atoms with Crippen molar-refractivity contribution in [1.29, 1.82) is 0 Å². The third kappa shape index (κ3) is 8.31. The van der Waals surface area contributed by atoms with Crippen molar-refractivity contribution in [2.24, 2.45) is 0 Å². The van der Waals surface area contributed by atoms with Crippen LogP contribution in [0.4, 0.5) is 0 Å². The average molecular weight is 194 g/mol. The van der Waals surface area contributed by atoms with E-state index in [0.717, 1.165) is 26.2 Å². The van der Waals surface area contributed by atoms with E-state index in [-0.39, 0.29) is 0 Å². The molecule has 0 bridgehead atoms. The van der Waals surface area contributed by atoms with Crippen molar-refractivity contribution in [3.8, 4) is 0 Å². The van der Waals surface area contributed by atoms with Crippen molar-refractivity contribution in [3.63, 3.8) is 0 Å². The molecule has 0 aromatic carbocycles. The molecule has 0 rings (SSSR count). The van der Waals surface area contributed by atoms with Gasteiger partial charge in [-0.25, -0.2) is 0 Å².